The van der Waals surface area contributed by atoms with Crippen LogP contribution in [-0.4, -0.2) is 30.4 Å². The first kappa shape index (κ1) is 21.6. The maximum Gasteiger partial charge on any atom is 0.513 e. The van der Waals surface area contributed by atoms with Crippen LogP contribution in [-0.2, 0) is 14.3 Å². The molecule has 0 aliphatic heterocycles. The monoisotopic (exact) mass is 398 g/mol. The molecule has 2 aromatic rings. The Kier molecular flexibility index (Phi) is 7.90. The van der Waals surface area contributed by atoms with Crippen LogP contribution in [0.1, 0.15) is 37.0 Å². The molecule has 0 saturated carbocycles. The molecule has 0 radical (unpaired) electrons. The largest absolute Gasteiger partial charge is 0.513 e. The van der Waals surface area contributed by atoms with Gasteiger partial charge in [-0.3, -0.25) is 9.59 Å². The van der Waals surface area contributed by atoms with E-state index >= 15 is 0 Å². The number of ether oxygens (including phenoxy) is 2. The van der Waals surface area contributed by atoms with Crippen molar-refractivity contribution >= 4 is 35.1 Å². The molecule has 29 heavy (non-hydrogen) atoms. The average molecular weight is 398 g/mol. The first-order valence-electron chi connectivity index (χ1n) is 9.02. The van der Waals surface area contributed by atoms with Crippen molar-refractivity contribution in [2.45, 2.75) is 26.7 Å². The van der Waals surface area contributed by atoms with Crippen molar-refractivity contribution in [1.29, 1.82) is 0 Å². The van der Waals surface area contributed by atoms with Gasteiger partial charge in [0, 0.05) is 29.8 Å². The molecule has 2 rings (SSSR count). The second-order valence-electron chi connectivity index (χ2n) is 6.09. The molecule has 152 valence electrons. The molecule has 0 atom stereocenters. The van der Waals surface area contributed by atoms with E-state index in [1.165, 1.54) is 31.2 Å². The summed E-state index contributed by atoms with van der Waals surface area (Å²) >= 11 is 0. The summed E-state index contributed by atoms with van der Waals surface area (Å²) in [6, 6.07) is 12.6. The molecule has 2 N–H and O–H groups in total. The Morgan fingerprint density at radius 2 is 1.41 bits per heavy atom. The van der Waals surface area contributed by atoms with E-state index in [0.29, 0.717) is 16.9 Å². The number of carbonyl (C=O) groups excluding carboxylic acids is 4. The first-order chi connectivity index (χ1) is 13.9. The lowest BCUT2D eigenvalue weighted by Crippen LogP contribution is -2.14. The summed E-state index contributed by atoms with van der Waals surface area (Å²) < 4.78 is 9.62. The van der Waals surface area contributed by atoms with Gasteiger partial charge in [-0.2, -0.15) is 0 Å². The van der Waals surface area contributed by atoms with Crippen LogP contribution in [0.25, 0.3) is 0 Å². The normalized spacial score (nSPS) is 10.0. The zero-order chi connectivity index (χ0) is 21.2. The third-order valence-electron chi connectivity index (χ3n) is 3.71. The molecule has 0 aromatic heterocycles. The number of hydrogen-bond donors (Lipinski definition) is 2. The zero-order valence-electron chi connectivity index (χ0n) is 16.2. The molecule has 0 saturated heterocycles. The lowest BCUT2D eigenvalue weighted by Gasteiger charge is -2.08. The topological polar surface area (TPSA) is 111 Å². The molecule has 0 spiro atoms. The third kappa shape index (κ3) is 7.45. The Bertz CT molecular complexity index is 875. The molecule has 2 aromatic carbocycles. The smallest absolute Gasteiger partial charge is 0.434 e. The summed E-state index contributed by atoms with van der Waals surface area (Å²) in [5.41, 5.74) is 1.49. The van der Waals surface area contributed by atoms with E-state index in [0.717, 1.165) is 0 Å². The second kappa shape index (κ2) is 10.6. The highest BCUT2D eigenvalue weighted by Crippen LogP contribution is 2.17. The SMILES string of the molecule is CCOC(=O)Oc1ccc(C(=O)Nc2ccc(NC(=O)CCC(C)=O)cc2)cc1. The summed E-state index contributed by atoms with van der Waals surface area (Å²) in [5, 5.41) is 5.42. The maximum absolute atomic E-state index is 12.3. The van der Waals surface area contributed by atoms with Crippen LogP contribution in [0.15, 0.2) is 48.5 Å². The summed E-state index contributed by atoms with van der Waals surface area (Å²) in [5.74, 6) is -0.364. The Hall–Kier alpha value is -3.68. The summed E-state index contributed by atoms with van der Waals surface area (Å²) in [6.07, 6.45) is -0.481. The van der Waals surface area contributed by atoms with Crippen molar-refractivity contribution in [1.82, 2.24) is 0 Å². The quantitative estimate of drug-likeness (QED) is 0.517. The van der Waals surface area contributed by atoms with Crippen LogP contribution < -0.4 is 15.4 Å². The first-order valence-corrected chi connectivity index (χ1v) is 9.02. The van der Waals surface area contributed by atoms with Crippen molar-refractivity contribution in [2.75, 3.05) is 17.2 Å². The second-order valence-corrected chi connectivity index (χ2v) is 6.09. The van der Waals surface area contributed by atoms with Crippen LogP contribution in [0.2, 0.25) is 0 Å². The van der Waals surface area contributed by atoms with Gasteiger partial charge in [-0.1, -0.05) is 0 Å². The minimum Gasteiger partial charge on any atom is -0.434 e. The molecule has 8 heteroatoms. The Labute approximate surface area is 168 Å². The number of anilines is 2. The molecule has 0 heterocycles. The summed E-state index contributed by atoms with van der Waals surface area (Å²) in [7, 11) is 0. The molecule has 0 bridgehead atoms. The van der Waals surface area contributed by atoms with Gasteiger partial charge < -0.3 is 24.9 Å². The number of nitrogens with one attached hydrogen (secondary N) is 2. The molecule has 0 aliphatic rings. The van der Waals surface area contributed by atoms with E-state index in [4.69, 9.17) is 4.74 Å². The minimum atomic E-state index is -0.807. The average Bonchev–Trinajstić information content (AvgIpc) is 2.68. The lowest BCUT2D eigenvalue weighted by molar-refractivity contribution is -0.121. The van der Waals surface area contributed by atoms with Crippen LogP contribution in [0.4, 0.5) is 16.2 Å². The van der Waals surface area contributed by atoms with Gasteiger partial charge in [-0.15, -0.1) is 0 Å². The highest BCUT2D eigenvalue weighted by molar-refractivity contribution is 6.04. The highest BCUT2D eigenvalue weighted by Gasteiger charge is 2.09. The number of carbonyl (C=O) groups is 4. The zero-order valence-corrected chi connectivity index (χ0v) is 16.2. The maximum atomic E-state index is 12.3. The van der Waals surface area contributed by atoms with Crippen molar-refractivity contribution in [3.8, 4) is 5.75 Å². The minimum absolute atomic E-state index is 0.0429. The summed E-state index contributed by atoms with van der Waals surface area (Å²) in [6.45, 7) is 3.32. The number of amides is 2. The fourth-order valence-electron chi connectivity index (χ4n) is 2.27. The molecular weight excluding hydrogens is 376 g/mol. The molecule has 0 unspecified atom stereocenters. The van der Waals surface area contributed by atoms with Crippen molar-refractivity contribution in [2.24, 2.45) is 0 Å². The lowest BCUT2D eigenvalue weighted by atomic mass is 10.2. The summed E-state index contributed by atoms with van der Waals surface area (Å²) in [4.78, 5) is 46.2. The van der Waals surface area contributed by atoms with Gasteiger partial charge in [0.15, 0.2) is 0 Å². The Morgan fingerprint density at radius 3 is 1.97 bits per heavy atom. The van der Waals surface area contributed by atoms with E-state index in [9.17, 15) is 19.2 Å². The van der Waals surface area contributed by atoms with Crippen LogP contribution in [0.5, 0.6) is 5.75 Å². The molecular formula is C21H22N2O6. The number of benzene rings is 2. The van der Waals surface area contributed by atoms with Gasteiger partial charge >= 0.3 is 6.16 Å². The van der Waals surface area contributed by atoms with Crippen LogP contribution >= 0.6 is 0 Å². The number of Topliss-reactive ketones (excluding diaryl/α,β-unsaturated/α-hetero) is 1. The van der Waals surface area contributed by atoms with E-state index in [1.807, 2.05) is 0 Å². The number of hydrogen-bond acceptors (Lipinski definition) is 6. The van der Waals surface area contributed by atoms with Crippen molar-refractivity contribution in [3.05, 3.63) is 54.1 Å². The van der Waals surface area contributed by atoms with Gasteiger partial charge in [0.25, 0.3) is 5.91 Å². The van der Waals surface area contributed by atoms with Gasteiger partial charge in [0.05, 0.1) is 6.61 Å². The Morgan fingerprint density at radius 1 is 0.828 bits per heavy atom. The van der Waals surface area contributed by atoms with Crippen molar-refractivity contribution in [3.63, 3.8) is 0 Å². The molecule has 2 amide bonds. The van der Waals surface area contributed by atoms with Crippen LogP contribution in [0, 0.1) is 0 Å². The van der Waals surface area contributed by atoms with Crippen molar-refractivity contribution < 1.29 is 28.7 Å². The van der Waals surface area contributed by atoms with E-state index in [2.05, 4.69) is 15.4 Å². The predicted molar refractivity (Wildman–Crippen MR) is 107 cm³/mol. The molecule has 0 fully saturated rings. The number of rotatable bonds is 8. The predicted octanol–water partition coefficient (Wildman–Crippen LogP) is 3.78. The van der Waals surface area contributed by atoms with Gasteiger partial charge in [0.2, 0.25) is 5.91 Å². The van der Waals surface area contributed by atoms with E-state index in [-0.39, 0.29) is 42.8 Å². The number of ketones is 1. The fourth-order valence-corrected chi connectivity index (χ4v) is 2.27. The van der Waals surface area contributed by atoms with Crippen LogP contribution in [0.3, 0.4) is 0 Å². The van der Waals surface area contributed by atoms with Gasteiger partial charge in [-0.05, 0) is 62.4 Å². The third-order valence-corrected chi connectivity index (χ3v) is 3.71. The van der Waals surface area contributed by atoms with Gasteiger partial charge in [-0.25, -0.2) is 4.79 Å². The fraction of sp³-hybridized carbons (Fsp3) is 0.238. The Balaban J connectivity index is 1.89. The van der Waals surface area contributed by atoms with E-state index in [1.54, 1.807) is 31.2 Å². The standard InChI is InChI=1S/C21H22N2O6/c1-3-28-21(27)29-18-11-5-15(6-12-18)20(26)23-17-9-7-16(8-10-17)22-19(25)13-4-14(2)24/h5-12H,3-4,13H2,1-2H3,(H,22,25)(H,23,26). The molecule has 0 aliphatic carbocycles. The molecule has 8 nitrogen and oxygen atoms in total. The van der Waals surface area contributed by atoms with E-state index < -0.39 is 6.16 Å². The highest BCUT2D eigenvalue weighted by atomic mass is 16.7. The van der Waals surface area contributed by atoms with Gasteiger partial charge in [0.1, 0.15) is 11.5 Å².